The number of benzene rings is 2. The number of hydrogen-bond donors (Lipinski definition) is 0. The first-order valence-electron chi connectivity index (χ1n) is 9.52. The maximum absolute atomic E-state index is 14.0. The second-order valence-electron chi connectivity index (χ2n) is 6.91. The van der Waals surface area contributed by atoms with Gasteiger partial charge in [0.05, 0.1) is 33.1 Å². The fourth-order valence-electron chi connectivity index (χ4n) is 3.44. The minimum absolute atomic E-state index is 0.142. The molecule has 1 aliphatic rings. The van der Waals surface area contributed by atoms with Gasteiger partial charge in [-0.25, -0.2) is 9.07 Å². The van der Waals surface area contributed by atoms with E-state index >= 15 is 0 Å². The van der Waals surface area contributed by atoms with Crippen molar-refractivity contribution in [2.24, 2.45) is 0 Å². The highest BCUT2D eigenvalue weighted by atomic mass is 19.1. The zero-order chi connectivity index (χ0) is 21.4. The van der Waals surface area contributed by atoms with E-state index in [2.05, 4.69) is 20.5 Å². The fourth-order valence-corrected chi connectivity index (χ4v) is 3.44. The van der Waals surface area contributed by atoms with Gasteiger partial charge < -0.3 is 18.7 Å². The van der Waals surface area contributed by atoms with Gasteiger partial charge in [0.2, 0.25) is 5.82 Å². The average Bonchev–Trinajstić information content (AvgIpc) is 3.46. The van der Waals surface area contributed by atoms with E-state index in [1.165, 1.54) is 19.2 Å². The van der Waals surface area contributed by atoms with Crippen LogP contribution in [0.15, 0.2) is 47.0 Å². The van der Waals surface area contributed by atoms with Gasteiger partial charge in [-0.05, 0) is 35.9 Å². The topological polar surface area (TPSA) is 97.3 Å². The highest BCUT2D eigenvalue weighted by Gasteiger charge is 2.28. The molecule has 31 heavy (non-hydrogen) atoms. The number of hydrogen-bond acceptors (Lipinski definition) is 8. The third-order valence-corrected chi connectivity index (χ3v) is 5.12. The molecule has 0 fully saturated rings. The zero-order valence-corrected chi connectivity index (χ0v) is 16.8. The first-order valence-corrected chi connectivity index (χ1v) is 9.52. The molecule has 0 amide bonds. The lowest BCUT2D eigenvalue weighted by Crippen LogP contribution is -2.22. The third-order valence-electron chi connectivity index (χ3n) is 5.12. The Balaban J connectivity index is 1.38. The summed E-state index contributed by atoms with van der Waals surface area (Å²) < 4.78 is 37.3. The van der Waals surface area contributed by atoms with Crippen LogP contribution in [0.5, 0.6) is 11.5 Å². The number of fused-ring (bicyclic) bond motifs is 1. The molecule has 0 radical (unpaired) electrons. The molecular weight excluding hydrogens is 405 g/mol. The summed E-state index contributed by atoms with van der Waals surface area (Å²) in [4.78, 5) is 4.35. The molecule has 2 aromatic heterocycles. The number of rotatable bonds is 5. The van der Waals surface area contributed by atoms with Crippen LogP contribution in [0, 0.1) is 5.82 Å². The molecular formula is C21H18FN5O4. The predicted octanol–water partition coefficient (Wildman–Crippen LogP) is 3.42. The molecule has 1 atom stereocenters. The number of halogens is 1. The summed E-state index contributed by atoms with van der Waals surface area (Å²) >= 11 is 0. The van der Waals surface area contributed by atoms with Crippen molar-refractivity contribution in [1.29, 1.82) is 0 Å². The Kier molecular flexibility index (Phi) is 4.83. The van der Waals surface area contributed by atoms with Crippen LogP contribution in [0.4, 0.5) is 4.39 Å². The monoisotopic (exact) mass is 423 g/mol. The van der Waals surface area contributed by atoms with Crippen LogP contribution in [0.2, 0.25) is 0 Å². The zero-order valence-electron chi connectivity index (χ0n) is 16.8. The summed E-state index contributed by atoms with van der Waals surface area (Å²) in [7, 11) is 3.03. The maximum Gasteiger partial charge on any atom is 0.280 e. The molecule has 4 aromatic rings. The number of methoxy groups -OCH3 is 2. The van der Waals surface area contributed by atoms with Gasteiger partial charge in [-0.2, -0.15) is 4.98 Å². The van der Waals surface area contributed by atoms with Gasteiger partial charge >= 0.3 is 0 Å². The van der Waals surface area contributed by atoms with Crippen LogP contribution >= 0.6 is 0 Å². The van der Waals surface area contributed by atoms with E-state index in [-0.39, 0.29) is 30.2 Å². The highest BCUT2D eigenvalue weighted by Crippen LogP contribution is 2.32. The summed E-state index contributed by atoms with van der Waals surface area (Å²) in [6.07, 6.45) is -0.159. The Bertz CT molecular complexity index is 1220. The normalized spacial score (nSPS) is 15.5. The Labute approximate surface area is 176 Å². The van der Waals surface area contributed by atoms with Crippen LogP contribution in [0.3, 0.4) is 0 Å². The molecule has 0 N–H and O–H groups in total. The Morgan fingerprint density at radius 3 is 2.68 bits per heavy atom. The van der Waals surface area contributed by atoms with Crippen molar-refractivity contribution in [2.45, 2.75) is 19.3 Å². The van der Waals surface area contributed by atoms with Gasteiger partial charge in [-0.3, -0.25) is 0 Å². The molecule has 5 rings (SSSR count). The number of nitrogens with zero attached hydrogens (tertiary/aromatic N) is 5. The molecule has 0 saturated heterocycles. The van der Waals surface area contributed by atoms with Gasteiger partial charge in [0.15, 0.2) is 17.3 Å². The summed E-state index contributed by atoms with van der Waals surface area (Å²) in [5.41, 5.74) is 2.66. The molecule has 0 spiro atoms. The van der Waals surface area contributed by atoms with Crippen molar-refractivity contribution in [3.63, 3.8) is 0 Å². The van der Waals surface area contributed by atoms with Crippen LogP contribution < -0.4 is 9.47 Å². The summed E-state index contributed by atoms with van der Waals surface area (Å²) in [5, 5.41) is 12.4. The standard InChI is InChI=1S/C21H18FN5O4/c1-28-14-6-3-12(4-7-14)18-10-27-16(11-30-18)19(24-26-27)21-23-20(25-31-21)13-5-8-17(29-2)15(22)9-13/h3-9,18H,10-11H2,1-2H3/t18-/m1/s1. The Hall–Kier alpha value is -3.79. The molecule has 2 aromatic carbocycles. The van der Waals surface area contributed by atoms with Crippen LogP contribution in [-0.2, 0) is 17.9 Å². The lowest BCUT2D eigenvalue weighted by molar-refractivity contribution is -0.00119. The summed E-state index contributed by atoms with van der Waals surface area (Å²) in [5.74, 6) is 0.853. The van der Waals surface area contributed by atoms with Crippen LogP contribution in [-0.4, -0.2) is 39.4 Å². The molecule has 1 aliphatic heterocycles. The van der Waals surface area contributed by atoms with E-state index in [0.29, 0.717) is 17.8 Å². The molecule has 158 valence electrons. The van der Waals surface area contributed by atoms with Crippen molar-refractivity contribution < 1.29 is 23.1 Å². The lowest BCUT2D eigenvalue weighted by Gasteiger charge is -2.24. The SMILES string of the molecule is COc1ccc([C@H]2Cn3nnc(-c4nc(-c5ccc(OC)c(F)c5)no4)c3CO2)cc1. The average molecular weight is 423 g/mol. The molecule has 10 heteroatoms. The van der Waals surface area contributed by atoms with Crippen molar-refractivity contribution in [2.75, 3.05) is 14.2 Å². The molecule has 0 saturated carbocycles. The Morgan fingerprint density at radius 2 is 1.94 bits per heavy atom. The van der Waals surface area contributed by atoms with Crippen LogP contribution in [0.1, 0.15) is 17.4 Å². The van der Waals surface area contributed by atoms with E-state index in [4.69, 9.17) is 18.7 Å². The van der Waals surface area contributed by atoms with E-state index in [0.717, 1.165) is 17.0 Å². The minimum atomic E-state index is -0.509. The van der Waals surface area contributed by atoms with E-state index in [1.54, 1.807) is 17.9 Å². The number of aromatic nitrogens is 5. The van der Waals surface area contributed by atoms with Crippen molar-refractivity contribution in [3.8, 4) is 34.5 Å². The minimum Gasteiger partial charge on any atom is -0.497 e. The van der Waals surface area contributed by atoms with Crippen LogP contribution in [0.25, 0.3) is 23.0 Å². The number of ether oxygens (including phenoxy) is 3. The predicted molar refractivity (Wildman–Crippen MR) is 106 cm³/mol. The molecule has 0 aliphatic carbocycles. The van der Waals surface area contributed by atoms with Crippen molar-refractivity contribution in [1.82, 2.24) is 25.1 Å². The van der Waals surface area contributed by atoms with Crippen molar-refractivity contribution in [3.05, 3.63) is 59.5 Å². The van der Waals surface area contributed by atoms with Gasteiger partial charge in [-0.15, -0.1) is 5.10 Å². The smallest absolute Gasteiger partial charge is 0.280 e. The molecule has 9 nitrogen and oxygen atoms in total. The van der Waals surface area contributed by atoms with Crippen molar-refractivity contribution >= 4 is 0 Å². The molecule has 3 heterocycles. The lowest BCUT2D eigenvalue weighted by atomic mass is 10.1. The van der Waals surface area contributed by atoms with Gasteiger partial charge in [0, 0.05) is 5.56 Å². The summed E-state index contributed by atoms with van der Waals surface area (Å²) in [6, 6.07) is 12.2. The fraction of sp³-hybridized carbons (Fsp3) is 0.238. The quantitative estimate of drug-likeness (QED) is 0.482. The first kappa shape index (κ1) is 19.2. The first-order chi connectivity index (χ1) is 15.2. The molecule has 0 bridgehead atoms. The van der Waals surface area contributed by atoms with Gasteiger partial charge in [0.1, 0.15) is 11.9 Å². The third kappa shape index (κ3) is 3.50. The second-order valence-corrected chi connectivity index (χ2v) is 6.91. The Morgan fingerprint density at radius 1 is 1.10 bits per heavy atom. The van der Waals surface area contributed by atoms with E-state index in [9.17, 15) is 4.39 Å². The largest absolute Gasteiger partial charge is 0.497 e. The van der Waals surface area contributed by atoms with E-state index < -0.39 is 5.82 Å². The maximum atomic E-state index is 14.0. The highest BCUT2D eigenvalue weighted by molar-refractivity contribution is 5.59. The summed E-state index contributed by atoms with van der Waals surface area (Å²) in [6.45, 7) is 0.785. The molecule has 0 unspecified atom stereocenters. The van der Waals surface area contributed by atoms with Gasteiger partial charge in [0.25, 0.3) is 5.89 Å². The van der Waals surface area contributed by atoms with E-state index in [1.807, 2.05) is 24.3 Å². The van der Waals surface area contributed by atoms with Gasteiger partial charge in [-0.1, -0.05) is 22.5 Å². The second kappa shape index (κ2) is 7.80.